The number of rotatable bonds is 8. The average Bonchev–Trinajstić information content (AvgIpc) is 2.22. The average molecular weight is 258 g/mol. The van der Waals surface area contributed by atoms with E-state index >= 15 is 0 Å². The van der Waals surface area contributed by atoms with Crippen LogP contribution >= 0.6 is 11.8 Å². The lowest BCUT2D eigenvalue weighted by Crippen LogP contribution is -2.37. The lowest BCUT2D eigenvalue weighted by atomic mass is 10.1. The zero-order valence-corrected chi connectivity index (χ0v) is 12.4. The van der Waals surface area contributed by atoms with Crippen molar-refractivity contribution in [1.82, 2.24) is 10.6 Å². The molecule has 0 unspecified atom stereocenters. The molecule has 0 atom stereocenters. The van der Waals surface area contributed by atoms with Crippen LogP contribution in [-0.2, 0) is 4.79 Å². The summed E-state index contributed by atoms with van der Waals surface area (Å²) in [5.74, 6) is 1.48. The quantitative estimate of drug-likeness (QED) is 0.656. The predicted octanol–water partition coefficient (Wildman–Crippen LogP) is 2.19. The van der Waals surface area contributed by atoms with Crippen molar-refractivity contribution in [3.63, 3.8) is 0 Å². The van der Waals surface area contributed by atoms with Gasteiger partial charge in [0.2, 0.25) is 5.91 Å². The molecule has 0 fully saturated rings. The van der Waals surface area contributed by atoms with Gasteiger partial charge >= 0.3 is 0 Å². The molecule has 0 saturated heterocycles. The van der Waals surface area contributed by atoms with Gasteiger partial charge in [0.25, 0.3) is 0 Å². The molecule has 0 aliphatic rings. The van der Waals surface area contributed by atoms with E-state index in [9.17, 15) is 4.79 Å². The molecule has 0 heterocycles. The van der Waals surface area contributed by atoms with E-state index in [1.807, 2.05) is 6.92 Å². The number of nitrogens with one attached hydrogen (secondary N) is 2. The van der Waals surface area contributed by atoms with Crippen molar-refractivity contribution in [3.05, 3.63) is 12.2 Å². The van der Waals surface area contributed by atoms with E-state index in [0.29, 0.717) is 5.75 Å². The van der Waals surface area contributed by atoms with Crippen molar-refractivity contribution in [2.75, 3.05) is 24.6 Å². The van der Waals surface area contributed by atoms with Crippen LogP contribution in [-0.4, -0.2) is 36.0 Å². The summed E-state index contributed by atoms with van der Waals surface area (Å²) in [7, 11) is 0. The van der Waals surface area contributed by atoms with Gasteiger partial charge in [-0.05, 0) is 27.2 Å². The number of carbonyl (C=O) groups is 1. The van der Waals surface area contributed by atoms with Crippen LogP contribution in [0.15, 0.2) is 12.2 Å². The molecular formula is C13H26N2OS. The third kappa shape index (κ3) is 11.8. The summed E-state index contributed by atoms with van der Waals surface area (Å²) in [4.78, 5) is 11.3. The Morgan fingerprint density at radius 3 is 2.47 bits per heavy atom. The van der Waals surface area contributed by atoms with Gasteiger partial charge in [-0.1, -0.05) is 19.1 Å². The van der Waals surface area contributed by atoms with E-state index in [1.165, 1.54) is 0 Å². The fraction of sp³-hybridized carbons (Fsp3) is 0.769. The van der Waals surface area contributed by atoms with E-state index < -0.39 is 0 Å². The molecule has 0 aliphatic heterocycles. The maximum Gasteiger partial charge on any atom is 0.230 e. The monoisotopic (exact) mass is 258 g/mol. The zero-order chi connectivity index (χ0) is 13.3. The van der Waals surface area contributed by atoms with Gasteiger partial charge in [-0.15, -0.1) is 11.8 Å². The van der Waals surface area contributed by atoms with E-state index in [2.05, 4.69) is 38.0 Å². The Labute approximate surface area is 110 Å². The first kappa shape index (κ1) is 16.5. The topological polar surface area (TPSA) is 41.1 Å². The van der Waals surface area contributed by atoms with Gasteiger partial charge in [-0.3, -0.25) is 4.79 Å². The molecular weight excluding hydrogens is 232 g/mol. The SMILES string of the molecule is C=C(CNC(C)(C)C)CSCC(=O)NCCC. The molecule has 1 amide bonds. The summed E-state index contributed by atoms with van der Waals surface area (Å²) in [5, 5.41) is 6.24. The van der Waals surface area contributed by atoms with E-state index in [0.717, 1.165) is 30.8 Å². The third-order valence-electron chi connectivity index (χ3n) is 1.98. The van der Waals surface area contributed by atoms with Crippen molar-refractivity contribution in [2.45, 2.75) is 39.7 Å². The molecule has 0 aromatic carbocycles. The molecule has 2 N–H and O–H groups in total. The number of thioether (sulfide) groups is 1. The number of carbonyl (C=O) groups excluding carboxylic acids is 1. The van der Waals surface area contributed by atoms with Crippen LogP contribution in [0.1, 0.15) is 34.1 Å². The van der Waals surface area contributed by atoms with Crippen LogP contribution in [0.5, 0.6) is 0 Å². The Hall–Kier alpha value is -0.480. The van der Waals surface area contributed by atoms with Crippen molar-refractivity contribution in [3.8, 4) is 0 Å². The maximum absolute atomic E-state index is 11.3. The van der Waals surface area contributed by atoms with Gasteiger partial charge in [-0.25, -0.2) is 0 Å². The van der Waals surface area contributed by atoms with Crippen LogP contribution in [0.2, 0.25) is 0 Å². The zero-order valence-electron chi connectivity index (χ0n) is 11.6. The summed E-state index contributed by atoms with van der Waals surface area (Å²) in [6.07, 6.45) is 0.985. The third-order valence-corrected chi connectivity index (χ3v) is 3.06. The van der Waals surface area contributed by atoms with Gasteiger partial charge in [0.05, 0.1) is 5.75 Å². The first-order chi connectivity index (χ1) is 7.85. The highest BCUT2D eigenvalue weighted by Gasteiger charge is 2.09. The van der Waals surface area contributed by atoms with Crippen LogP contribution in [0.3, 0.4) is 0 Å². The second-order valence-corrected chi connectivity index (χ2v) is 6.18. The fourth-order valence-electron chi connectivity index (χ4n) is 1.04. The summed E-state index contributed by atoms with van der Waals surface area (Å²) in [6.45, 7) is 14.0. The number of hydrogen-bond donors (Lipinski definition) is 2. The first-order valence-electron chi connectivity index (χ1n) is 6.11. The maximum atomic E-state index is 11.3. The molecule has 100 valence electrons. The van der Waals surface area contributed by atoms with Crippen molar-refractivity contribution < 1.29 is 4.79 Å². The normalized spacial score (nSPS) is 11.3. The molecule has 0 aliphatic carbocycles. The Morgan fingerprint density at radius 1 is 1.29 bits per heavy atom. The number of hydrogen-bond acceptors (Lipinski definition) is 3. The predicted molar refractivity (Wildman–Crippen MR) is 77.5 cm³/mol. The minimum atomic E-state index is 0.117. The molecule has 0 saturated carbocycles. The second kappa shape index (κ2) is 8.59. The van der Waals surface area contributed by atoms with Crippen LogP contribution < -0.4 is 10.6 Å². The first-order valence-corrected chi connectivity index (χ1v) is 7.26. The molecule has 0 aromatic heterocycles. The summed E-state index contributed by atoms with van der Waals surface area (Å²) in [5.41, 5.74) is 1.25. The summed E-state index contributed by atoms with van der Waals surface area (Å²) < 4.78 is 0. The lowest BCUT2D eigenvalue weighted by molar-refractivity contribution is -0.118. The lowest BCUT2D eigenvalue weighted by Gasteiger charge is -2.21. The fourth-order valence-corrected chi connectivity index (χ4v) is 1.82. The highest BCUT2D eigenvalue weighted by Crippen LogP contribution is 2.07. The van der Waals surface area contributed by atoms with Crippen molar-refractivity contribution in [2.24, 2.45) is 0 Å². The molecule has 0 radical (unpaired) electrons. The van der Waals surface area contributed by atoms with E-state index in [-0.39, 0.29) is 11.4 Å². The highest BCUT2D eigenvalue weighted by molar-refractivity contribution is 8.00. The minimum absolute atomic E-state index is 0.117. The standard InChI is InChI=1S/C13H26N2OS/c1-6-7-14-12(16)10-17-9-11(2)8-15-13(3,4)5/h15H,2,6-10H2,1,3-5H3,(H,14,16). The molecule has 0 bridgehead atoms. The van der Waals surface area contributed by atoms with Gasteiger partial charge in [0.15, 0.2) is 0 Å². The largest absolute Gasteiger partial charge is 0.355 e. The van der Waals surface area contributed by atoms with Crippen LogP contribution in [0.4, 0.5) is 0 Å². The smallest absolute Gasteiger partial charge is 0.230 e. The Kier molecular flexibility index (Phi) is 8.35. The van der Waals surface area contributed by atoms with Gasteiger partial charge in [0.1, 0.15) is 0 Å². The summed E-state index contributed by atoms with van der Waals surface area (Å²) >= 11 is 1.62. The molecule has 0 rings (SSSR count). The van der Waals surface area contributed by atoms with Gasteiger partial charge in [0, 0.05) is 24.4 Å². The molecule has 0 aromatic rings. The minimum Gasteiger partial charge on any atom is -0.355 e. The Morgan fingerprint density at radius 2 is 1.94 bits per heavy atom. The Bertz CT molecular complexity index is 246. The van der Waals surface area contributed by atoms with Crippen molar-refractivity contribution in [1.29, 1.82) is 0 Å². The second-order valence-electron chi connectivity index (χ2n) is 5.20. The van der Waals surface area contributed by atoms with E-state index in [4.69, 9.17) is 0 Å². The Balaban J connectivity index is 3.54. The summed E-state index contributed by atoms with van der Waals surface area (Å²) in [6, 6.07) is 0. The molecule has 4 heteroatoms. The van der Waals surface area contributed by atoms with Crippen molar-refractivity contribution >= 4 is 17.7 Å². The van der Waals surface area contributed by atoms with Crippen LogP contribution in [0.25, 0.3) is 0 Å². The van der Waals surface area contributed by atoms with Gasteiger partial charge < -0.3 is 10.6 Å². The highest BCUT2D eigenvalue weighted by atomic mass is 32.2. The molecule has 0 spiro atoms. The molecule has 17 heavy (non-hydrogen) atoms. The van der Waals surface area contributed by atoms with Gasteiger partial charge in [-0.2, -0.15) is 0 Å². The number of amides is 1. The molecule has 3 nitrogen and oxygen atoms in total. The van der Waals surface area contributed by atoms with Crippen LogP contribution in [0, 0.1) is 0 Å². The van der Waals surface area contributed by atoms with E-state index in [1.54, 1.807) is 11.8 Å².